The number of thiophene rings is 1. The van der Waals surface area contributed by atoms with Crippen LogP contribution in [0.4, 0.5) is 0 Å². The van der Waals surface area contributed by atoms with E-state index in [1.54, 1.807) is 31.0 Å². The van der Waals surface area contributed by atoms with E-state index in [1.807, 2.05) is 41.0 Å². The normalized spacial score (nSPS) is 11.1. The van der Waals surface area contributed by atoms with E-state index in [0.717, 1.165) is 22.7 Å². The van der Waals surface area contributed by atoms with Crippen LogP contribution < -0.4 is 14.8 Å². The molecule has 188 valence electrons. The average molecular weight is 520 g/mol. The Bertz CT molecular complexity index is 1740. The van der Waals surface area contributed by atoms with E-state index in [0.29, 0.717) is 18.8 Å². The SMILES string of the molecule is COc1ccc(OCCNC(=O)c2cncn2-c2cccc(-c3cccc4c3sc3ccccc34)c2)cc1. The molecule has 1 N–H and O–H groups in total. The van der Waals surface area contributed by atoms with E-state index < -0.39 is 0 Å². The van der Waals surface area contributed by atoms with E-state index in [9.17, 15) is 4.79 Å². The maximum absolute atomic E-state index is 13.0. The molecule has 0 fully saturated rings. The van der Waals surface area contributed by atoms with Gasteiger partial charge in [0.2, 0.25) is 0 Å². The van der Waals surface area contributed by atoms with Crippen LogP contribution in [0.25, 0.3) is 37.0 Å². The van der Waals surface area contributed by atoms with Crippen LogP contribution in [-0.2, 0) is 0 Å². The van der Waals surface area contributed by atoms with Gasteiger partial charge < -0.3 is 14.8 Å². The van der Waals surface area contributed by atoms with Crippen molar-refractivity contribution in [3.63, 3.8) is 0 Å². The quantitative estimate of drug-likeness (QED) is 0.227. The number of nitrogens with zero attached hydrogens (tertiary/aromatic N) is 2. The third-order valence-electron chi connectivity index (χ3n) is 6.43. The number of imidazole rings is 1. The number of aromatic nitrogens is 2. The third kappa shape index (κ3) is 4.60. The van der Waals surface area contributed by atoms with E-state index in [4.69, 9.17) is 9.47 Å². The number of fused-ring (bicyclic) bond motifs is 3. The van der Waals surface area contributed by atoms with E-state index in [2.05, 4.69) is 64.9 Å². The summed E-state index contributed by atoms with van der Waals surface area (Å²) in [6.07, 6.45) is 3.25. The predicted octanol–water partition coefficient (Wildman–Crippen LogP) is 6.72. The summed E-state index contributed by atoms with van der Waals surface area (Å²) in [5.74, 6) is 1.27. The Morgan fingerprint density at radius 2 is 1.71 bits per heavy atom. The van der Waals surface area contributed by atoms with Crippen molar-refractivity contribution in [2.45, 2.75) is 0 Å². The molecular weight excluding hydrogens is 494 g/mol. The summed E-state index contributed by atoms with van der Waals surface area (Å²) in [6, 6.07) is 30.5. The van der Waals surface area contributed by atoms with Crippen LogP contribution in [0.3, 0.4) is 0 Å². The Kier molecular flexibility index (Phi) is 6.50. The highest BCUT2D eigenvalue weighted by Crippen LogP contribution is 2.40. The van der Waals surface area contributed by atoms with Gasteiger partial charge in [-0.3, -0.25) is 9.36 Å². The zero-order valence-corrected chi connectivity index (χ0v) is 21.6. The minimum absolute atomic E-state index is 0.210. The van der Waals surface area contributed by atoms with Gasteiger partial charge in [-0.1, -0.05) is 48.5 Å². The largest absolute Gasteiger partial charge is 0.497 e. The Balaban J connectivity index is 1.20. The highest BCUT2D eigenvalue weighted by Gasteiger charge is 2.15. The van der Waals surface area contributed by atoms with Crippen molar-refractivity contribution < 1.29 is 14.3 Å². The van der Waals surface area contributed by atoms with Gasteiger partial charge in [0.15, 0.2) is 0 Å². The van der Waals surface area contributed by atoms with E-state index >= 15 is 0 Å². The third-order valence-corrected chi connectivity index (χ3v) is 7.65. The van der Waals surface area contributed by atoms with Crippen LogP contribution in [-0.4, -0.2) is 35.7 Å². The summed E-state index contributed by atoms with van der Waals surface area (Å²) < 4.78 is 15.2. The Labute approximate surface area is 224 Å². The molecule has 38 heavy (non-hydrogen) atoms. The van der Waals surface area contributed by atoms with Gasteiger partial charge in [-0.2, -0.15) is 0 Å². The molecule has 0 unspecified atom stereocenters. The van der Waals surface area contributed by atoms with Crippen molar-refractivity contribution in [3.8, 4) is 28.3 Å². The average Bonchev–Trinajstić information content (AvgIpc) is 3.61. The number of amides is 1. The molecule has 0 aliphatic heterocycles. The molecular formula is C31H25N3O3S. The van der Waals surface area contributed by atoms with Gasteiger partial charge in [0.1, 0.15) is 23.8 Å². The first-order valence-corrected chi connectivity index (χ1v) is 13.1. The second kappa shape index (κ2) is 10.4. The molecule has 6 rings (SSSR count). The van der Waals surface area contributed by atoms with E-state index in [-0.39, 0.29) is 5.91 Å². The van der Waals surface area contributed by atoms with Gasteiger partial charge in [0.05, 0.1) is 26.2 Å². The molecule has 6 nitrogen and oxygen atoms in total. The maximum atomic E-state index is 13.0. The standard InChI is InChI=1S/C31H25N3O3S/c1-36-23-12-14-24(15-13-23)37-17-16-33-31(35)28-19-32-20-34(28)22-7-4-6-21(18-22)25-9-5-10-27-26-8-2-3-11-29(26)38-30(25)27/h2-15,18-20H,16-17H2,1H3,(H,33,35). The second-order valence-electron chi connectivity index (χ2n) is 8.76. The fourth-order valence-electron chi connectivity index (χ4n) is 4.56. The second-order valence-corrected chi connectivity index (χ2v) is 9.81. The van der Waals surface area contributed by atoms with Crippen molar-refractivity contribution >= 4 is 37.4 Å². The summed E-state index contributed by atoms with van der Waals surface area (Å²) >= 11 is 1.80. The van der Waals surface area contributed by atoms with Gasteiger partial charge >= 0.3 is 0 Å². The molecule has 6 aromatic rings. The van der Waals surface area contributed by atoms with Crippen molar-refractivity contribution in [1.29, 1.82) is 0 Å². The highest BCUT2D eigenvalue weighted by molar-refractivity contribution is 7.26. The minimum Gasteiger partial charge on any atom is -0.497 e. The number of carbonyl (C=O) groups is 1. The van der Waals surface area contributed by atoms with Crippen molar-refractivity contribution in [2.75, 3.05) is 20.3 Å². The van der Waals surface area contributed by atoms with E-state index in [1.165, 1.54) is 25.7 Å². The summed E-state index contributed by atoms with van der Waals surface area (Å²) in [5.41, 5.74) is 3.60. The molecule has 0 aliphatic rings. The first kappa shape index (κ1) is 23.8. The summed E-state index contributed by atoms with van der Waals surface area (Å²) in [6.45, 7) is 0.713. The summed E-state index contributed by atoms with van der Waals surface area (Å²) in [5, 5.41) is 5.46. The predicted molar refractivity (Wildman–Crippen MR) is 153 cm³/mol. The first-order valence-electron chi connectivity index (χ1n) is 12.3. The number of methoxy groups -OCH3 is 1. The minimum atomic E-state index is -0.210. The lowest BCUT2D eigenvalue weighted by Gasteiger charge is -2.12. The van der Waals surface area contributed by atoms with Crippen LogP contribution >= 0.6 is 11.3 Å². The van der Waals surface area contributed by atoms with Gasteiger partial charge in [0.25, 0.3) is 5.91 Å². The fraction of sp³-hybridized carbons (Fsp3) is 0.0968. The molecule has 0 aliphatic carbocycles. The smallest absolute Gasteiger partial charge is 0.270 e. The molecule has 2 aromatic heterocycles. The van der Waals surface area contributed by atoms with Crippen molar-refractivity contribution in [1.82, 2.24) is 14.9 Å². The van der Waals surface area contributed by atoms with Crippen LogP contribution in [0.1, 0.15) is 10.5 Å². The Morgan fingerprint density at radius 1 is 0.921 bits per heavy atom. The maximum Gasteiger partial charge on any atom is 0.270 e. The molecule has 1 amide bonds. The monoisotopic (exact) mass is 519 g/mol. The Morgan fingerprint density at radius 3 is 2.58 bits per heavy atom. The molecule has 0 atom stereocenters. The lowest BCUT2D eigenvalue weighted by atomic mass is 10.0. The highest BCUT2D eigenvalue weighted by atomic mass is 32.1. The van der Waals surface area contributed by atoms with Crippen molar-refractivity contribution in [3.05, 3.63) is 109 Å². The molecule has 0 saturated heterocycles. The van der Waals surface area contributed by atoms with Crippen LogP contribution in [0, 0.1) is 0 Å². The van der Waals surface area contributed by atoms with Gasteiger partial charge in [-0.15, -0.1) is 11.3 Å². The zero-order chi connectivity index (χ0) is 25.9. The van der Waals surface area contributed by atoms with Crippen LogP contribution in [0.5, 0.6) is 11.5 Å². The van der Waals surface area contributed by atoms with Crippen molar-refractivity contribution in [2.24, 2.45) is 0 Å². The molecule has 0 saturated carbocycles. The molecule has 2 heterocycles. The number of benzene rings is 4. The van der Waals surface area contributed by atoms with Gasteiger partial charge in [0, 0.05) is 25.9 Å². The number of hydrogen-bond acceptors (Lipinski definition) is 5. The molecule has 4 aromatic carbocycles. The van der Waals surface area contributed by atoms with Crippen LogP contribution in [0.2, 0.25) is 0 Å². The molecule has 0 spiro atoms. The number of rotatable bonds is 8. The number of carbonyl (C=O) groups excluding carboxylic acids is 1. The van der Waals surface area contributed by atoms with Gasteiger partial charge in [-0.25, -0.2) is 4.98 Å². The fourth-order valence-corrected chi connectivity index (χ4v) is 5.80. The lowest BCUT2D eigenvalue weighted by Crippen LogP contribution is -2.29. The topological polar surface area (TPSA) is 65.4 Å². The number of nitrogens with one attached hydrogen (secondary N) is 1. The summed E-state index contributed by atoms with van der Waals surface area (Å²) in [7, 11) is 1.62. The molecule has 0 bridgehead atoms. The first-order chi connectivity index (χ1) is 18.7. The Hall–Kier alpha value is -4.62. The number of ether oxygens (including phenoxy) is 2. The number of hydrogen-bond donors (Lipinski definition) is 1. The molecule has 0 radical (unpaired) electrons. The van der Waals surface area contributed by atoms with Crippen LogP contribution in [0.15, 0.2) is 104 Å². The lowest BCUT2D eigenvalue weighted by molar-refractivity contribution is 0.0940. The zero-order valence-electron chi connectivity index (χ0n) is 20.8. The molecule has 7 heteroatoms. The summed E-state index contributed by atoms with van der Waals surface area (Å²) in [4.78, 5) is 17.2. The van der Waals surface area contributed by atoms with Gasteiger partial charge in [-0.05, 0) is 53.6 Å².